The SMILES string of the molecule is Cc1nc(NC2CCC(NC(=O)c3cc(C(F)(F)F)cc(C(F)(F)F)c3OC(=O)C(F)(F)F)CC2)cc(N(C)C)n1. The summed E-state index contributed by atoms with van der Waals surface area (Å²) in [6.45, 7) is 1.70. The van der Waals surface area contributed by atoms with Gasteiger partial charge in [0.25, 0.3) is 5.91 Å². The first-order valence-electron chi connectivity index (χ1n) is 12.0. The Morgan fingerprint density at radius 3 is 1.98 bits per heavy atom. The minimum atomic E-state index is -5.79. The van der Waals surface area contributed by atoms with Crippen LogP contribution in [0.1, 0.15) is 53.0 Å². The number of anilines is 2. The average molecular weight is 601 g/mol. The fraction of sp³-hybridized carbons (Fsp3) is 0.500. The number of halogens is 9. The Morgan fingerprint density at radius 1 is 0.878 bits per heavy atom. The highest BCUT2D eigenvalue weighted by Crippen LogP contribution is 2.43. The van der Waals surface area contributed by atoms with Gasteiger partial charge in [-0.05, 0) is 44.7 Å². The predicted molar refractivity (Wildman–Crippen MR) is 126 cm³/mol. The number of carbonyl (C=O) groups excluding carboxylic acids is 2. The number of alkyl halides is 9. The largest absolute Gasteiger partial charge is 0.491 e. The Bertz CT molecular complexity index is 1290. The van der Waals surface area contributed by atoms with Gasteiger partial charge in [-0.3, -0.25) is 4.79 Å². The van der Waals surface area contributed by atoms with Gasteiger partial charge in [-0.15, -0.1) is 0 Å². The molecule has 1 amide bonds. The van der Waals surface area contributed by atoms with Gasteiger partial charge in [0.05, 0.1) is 16.7 Å². The van der Waals surface area contributed by atoms with Crippen molar-refractivity contribution in [3.8, 4) is 5.75 Å². The molecule has 1 aliphatic carbocycles. The lowest BCUT2D eigenvalue weighted by Gasteiger charge is -2.30. The van der Waals surface area contributed by atoms with Crippen molar-refractivity contribution in [2.24, 2.45) is 0 Å². The van der Waals surface area contributed by atoms with Gasteiger partial charge < -0.3 is 20.3 Å². The summed E-state index contributed by atoms with van der Waals surface area (Å²) in [5, 5.41) is 5.47. The van der Waals surface area contributed by atoms with Gasteiger partial charge in [-0.1, -0.05) is 0 Å². The molecular weight excluding hydrogens is 577 g/mol. The summed E-state index contributed by atoms with van der Waals surface area (Å²) in [7, 11) is 3.58. The van der Waals surface area contributed by atoms with Crippen LogP contribution < -0.4 is 20.3 Å². The highest BCUT2D eigenvalue weighted by atomic mass is 19.4. The molecular formula is C24H24F9N5O3. The van der Waals surface area contributed by atoms with Crippen LogP contribution in [0.2, 0.25) is 0 Å². The Hall–Kier alpha value is -3.79. The Balaban J connectivity index is 1.83. The Labute approximate surface area is 227 Å². The van der Waals surface area contributed by atoms with Gasteiger partial charge >= 0.3 is 24.5 Å². The standard InChI is InChI=1S/C24H24F9N5O3/c1-11-34-17(10-18(35-11)38(2)3)36-13-4-6-14(7-5-13)37-20(39)15-8-12(22(25,26)27)9-16(23(28,29)30)19(15)41-21(40)24(31,32)33/h8-10,13-14H,4-7H2,1-3H3,(H,37,39)(H,34,35,36). The van der Waals surface area contributed by atoms with Crippen LogP contribution in [-0.4, -0.2) is 54.2 Å². The fourth-order valence-corrected chi connectivity index (χ4v) is 4.14. The van der Waals surface area contributed by atoms with Crippen molar-refractivity contribution >= 4 is 23.5 Å². The summed E-state index contributed by atoms with van der Waals surface area (Å²) in [6, 6.07) is 0.192. The van der Waals surface area contributed by atoms with E-state index in [0.29, 0.717) is 30.3 Å². The zero-order valence-corrected chi connectivity index (χ0v) is 21.7. The van der Waals surface area contributed by atoms with E-state index in [1.807, 2.05) is 0 Å². The highest BCUT2D eigenvalue weighted by Gasteiger charge is 2.46. The molecule has 1 heterocycles. The fourth-order valence-electron chi connectivity index (χ4n) is 4.14. The van der Waals surface area contributed by atoms with Crippen LogP contribution >= 0.6 is 0 Å². The molecule has 8 nitrogen and oxygen atoms in total. The lowest BCUT2D eigenvalue weighted by molar-refractivity contribution is -0.190. The molecule has 41 heavy (non-hydrogen) atoms. The number of hydrogen-bond acceptors (Lipinski definition) is 7. The minimum absolute atomic E-state index is 0.0868. The van der Waals surface area contributed by atoms with Crippen molar-refractivity contribution in [2.45, 2.75) is 63.2 Å². The van der Waals surface area contributed by atoms with Crippen molar-refractivity contribution < 1.29 is 53.8 Å². The van der Waals surface area contributed by atoms with E-state index in [9.17, 15) is 49.1 Å². The second kappa shape index (κ2) is 11.6. The summed E-state index contributed by atoms with van der Waals surface area (Å²) in [6.07, 6.45) is -15.7. The first kappa shape index (κ1) is 31.7. The van der Waals surface area contributed by atoms with Gasteiger partial charge in [-0.2, -0.15) is 39.5 Å². The van der Waals surface area contributed by atoms with Crippen molar-refractivity contribution in [3.63, 3.8) is 0 Å². The first-order chi connectivity index (χ1) is 18.8. The zero-order valence-electron chi connectivity index (χ0n) is 21.7. The van der Waals surface area contributed by atoms with E-state index in [1.165, 1.54) is 0 Å². The maximum Gasteiger partial charge on any atom is 0.491 e. The molecule has 0 unspecified atom stereocenters. The molecule has 1 aromatic heterocycles. The molecule has 0 radical (unpaired) electrons. The maximum atomic E-state index is 13.6. The van der Waals surface area contributed by atoms with Crippen molar-refractivity contribution in [3.05, 3.63) is 40.7 Å². The third kappa shape index (κ3) is 8.13. The van der Waals surface area contributed by atoms with Gasteiger partial charge in [0.2, 0.25) is 0 Å². The summed E-state index contributed by atoms with van der Waals surface area (Å²) in [5.41, 5.74) is -5.84. The molecule has 0 bridgehead atoms. The third-order valence-electron chi connectivity index (χ3n) is 6.09. The number of carbonyl (C=O) groups is 2. The van der Waals surface area contributed by atoms with E-state index in [4.69, 9.17) is 0 Å². The second-order valence-electron chi connectivity index (χ2n) is 9.50. The van der Waals surface area contributed by atoms with Crippen LogP contribution in [0, 0.1) is 6.92 Å². The van der Waals surface area contributed by atoms with Crippen molar-refractivity contribution in [1.29, 1.82) is 0 Å². The summed E-state index contributed by atoms with van der Waals surface area (Å²) >= 11 is 0. The molecule has 0 atom stereocenters. The predicted octanol–water partition coefficient (Wildman–Crippen LogP) is 5.51. The van der Waals surface area contributed by atoms with Gasteiger partial charge in [0, 0.05) is 32.2 Å². The normalized spacial score (nSPS) is 18.0. The van der Waals surface area contributed by atoms with E-state index in [0.717, 1.165) is 0 Å². The molecule has 1 aliphatic rings. The van der Waals surface area contributed by atoms with Crippen LogP contribution in [0.3, 0.4) is 0 Å². The number of benzene rings is 1. The van der Waals surface area contributed by atoms with E-state index >= 15 is 0 Å². The number of nitrogens with one attached hydrogen (secondary N) is 2. The third-order valence-corrected chi connectivity index (χ3v) is 6.09. The molecule has 226 valence electrons. The van der Waals surface area contributed by atoms with E-state index < -0.39 is 65.0 Å². The van der Waals surface area contributed by atoms with Crippen LogP contribution in [0.15, 0.2) is 18.2 Å². The number of amides is 1. The summed E-state index contributed by atoms with van der Waals surface area (Å²) < 4.78 is 123. The van der Waals surface area contributed by atoms with Crippen molar-refractivity contribution in [1.82, 2.24) is 15.3 Å². The van der Waals surface area contributed by atoms with Gasteiger partial charge in [-0.25, -0.2) is 14.8 Å². The molecule has 1 saturated carbocycles. The zero-order chi connectivity index (χ0) is 30.9. The molecule has 0 spiro atoms. The Morgan fingerprint density at radius 2 is 1.46 bits per heavy atom. The van der Waals surface area contributed by atoms with E-state index in [-0.39, 0.29) is 24.9 Å². The number of aromatic nitrogens is 2. The van der Waals surface area contributed by atoms with Crippen LogP contribution in [-0.2, 0) is 17.1 Å². The topological polar surface area (TPSA) is 96.4 Å². The smallest absolute Gasteiger partial charge is 0.418 e. The molecule has 0 aliphatic heterocycles. The number of aryl methyl sites for hydroxylation is 1. The number of esters is 1. The van der Waals surface area contributed by atoms with Crippen LogP contribution in [0.4, 0.5) is 51.1 Å². The Kier molecular flexibility index (Phi) is 8.98. The van der Waals surface area contributed by atoms with Crippen LogP contribution in [0.5, 0.6) is 5.75 Å². The second-order valence-corrected chi connectivity index (χ2v) is 9.50. The quantitative estimate of drug-likeness (QED) is 0.256. The number of hydrogen-bond donors (Lipinski definition) is 2. The minimum Gasteiger partial charge on any atom is -0.418 e. The lowest BCUT2D eigenvalue weighted by atomic mass is 9.90. The monoisotopic (exact) mass is 601 g/mol. The van der Waals surface area contributed by atoms with Crippen molar-refractivity contribution in [2.75, 3.05) is 24.3 Å². The van der Waals surface area contributed by atoms with Gasteiger partial charge in [0.1, 0.15) is 17.5 Å². The van der Waals surface area contributed by atoms with E-state index in [1.54, 1.807) is 32.0 Å². The summed E-state index contributed by atoms with van der Waals surface area (Å²) in [5.74, 6) is -5.01. The van der Waals surface area contributed by atoms with Crippen LogP contribution in [0.25, 0.3) is 0 Å². The highest BCUT2D eigenvalue weighted by molar-refractivity contribution is 5.99. The summed E-state index contributed by atoms with van der Waals surface area (Å²) in [4.78, 5) is 34.6. The number of nitrogens with zero attached hydrogens (tertiary/aromatic N) is 3. The maximum absolute atomic E-state index is 13.6. The lowest BCUT2D eigenvalue weighted by Crippen LogP contribution is -2.40. The molecule has 0 saturated heterocycles. The molecule has 2 aromatic rings. The van der Waals surface area contributed by atoms with Gasteiger partial charge in [0.15, 0.2) is 5.75 Å². The molecule has 1 fully saturated rings. The number of ether oxygens (including phenoxy) is 1. The molecule has 3 rings (SSSR count). The average Bonchev–Trinajstić information content (AvgIpc) is 2.82. The molecule has 1 aromatic carbocycles. The first-order valence-corrected chi connectivity index (χ1v) is 12.0. The van der Waals surface area contributed by atoms with E-state index in [2.05, 4.69) is 25.3 Å². The molecule has 2 N–H and O–H groups in total. The molecule has 17 heteroatoms. The number of rotatable bonds is 6.